The molecule has 214 valence electrons. The lowest BCUT2D eigenvalue weighted by molar-refractivity contribution is -0.384. The van der Waals surface area contributed by atoms with Crippen molar-refractivity contribution in [2.75, 3.05) is 0 Å². The second kappa shape index (κ2) is 11.0. The maximum Gasteiger partial charge on any atom is 0.338 e. The number of carbonyl (C=O) groups is 1. The molecule has 5 heteroatoms. The van der Waals surface area contributed by atoms with E-state index in [1.165, 1.54) is 81.2 Å². The molecule has 0 aliphatic heterocycles. The van der Waals surface area contributed by atoms with Gasteiger partial charge in [-0.05, 0) is 103 Å². The molecular formula is C34H49NO4. The standard InChI is InChI=1S/C34H49NO4/c1-22(2)7-6-8-23(3)29-15-16-30-28-14-11-25-21-27(17-19-33(25,4)31(28)18-20-34(29,30)5)39-32(36)24-9-12-26(13-10-24)35(37)38/h9-13,22-23,27-31H,6-8,14-21H2,1-5H3/t23-,27+,28+,29-,30-,31-,33+,34-/m1/s1. The van der Waals surface area contributed by atoms with Crippen molar-refractivity contribution in [3.05, 3.63) is 51.6 Å². The predicted octanol–water partition coefficient (Wildman–Crippen LogP) is 9.16. The molecule has 3 fully saturated rings. The number of non-ortho nitro benzene ring substituents is 1. The topological polar surface area (TPSA) is 69.4 Å². The smallest absolute Gasteiger partial charge is 0.338 e. The number of rotatable bonds is 8. The molecule has 39 heavy (non-hydrogen) atoms. The van der Waals surface area contributed by atoms with Gasteiger partial charge in [0, 0.05) is 18.6 Å². The lowest BCUT2D eigenvalue weighted by atomic mass is 9.47. The monoisotopic (exact) mass is 535 g/mol. The van der Waals surface area contributed by atoms with E-state index in [-0.39, 0.29) is 23.2 Å². The lowest BCUT2D eigenvalue weighted by Gasteiger charge is -2.58. The van der Waals surface area contributed by atoms with Crippen molar-refractivity contribution in [2.45, 2.75) is 111 Å². The first-order valence-corrected chi connectivity index (χ1v) is 15.7. The van der Waals surface area contributed by atoms with Crippen LogP contribution < -0.4 is 0 Å². The first kappa shape index (κ1) is 28.4. The van der Waals surface area contributed by atoms with Crippen LogP contribution in [0.2, 0.25) is 0 Å². The summed E-state index contributed by atoms with van der Waals surface area (Å²) in [7, 11) is 0. The molecule has 0 N–H and O–H groups in total. The normalized spacial score (nSPS) is 36.4. The number of ether oxygens (including phenoxy) is 1. The number of hydrogen-bond donors (Lipinski definition) is 0. The minimum absolute atomic E-state index is 0.0142. The molecule has 0 spiro atoms. The van der Waals surface area contributed by atoms with Crippen molar-refractivity contribution >= 4 is 11.7 Å². The van der Waals surface area contributed by atoms with Gasteiger partial charge in [0.1, 0.15) is 6.10 Å². The van der Waals surface area contributed by atoms with E-state index in [0.29, 0.717) is 11.0 Å². The Balaban J connectivity index is 1.23. The Morgan fingerprint density at radius 2 is 1.77 bits per heavy atom. The Hall–Kier alpha value is -2.17. The Kier molecular flexibility index (Phi) is 8.01. The van der Waals surface area contributed by atoms with Crippen LogP contribution >= 0.6 is 0 Å². The highest BCUT2D eigenvalue weighted by Crippen LogP contribution is 2.67. The molecule has 0 radical (unpaired) electrons. The first-order valence-electron chi connectivity index (χ1n) is 15.7. The van der Waals surface area contributed by atoms with Crippen LogP contribution in [0, 0.1) is 56.5 Å². The molecule has 1 aromatic carbocycles. The summed E-state index contributed by atoms with van der Waals surface area (Å²) in [6.07, 6.45) is 16.1. The molecule has 0 bridgehead atoms. The van der Waals surface area contributed by atoms with Gasteiger partial charge in [-0.3, -0.25) is 10.1 Å². The highest BCUT2D eigenvalue weighted by atomic mass is 16.6. The van der Waals surface area contributed by atoms with E-state index in [2.05, 4.69) is 40.7 Å². The predicted molar refractivity (Wildman–Crippen MR) is 155 cm³/mol. The Bertz CT molecular complexity index is 1090. The Morgan fingerprint density at radius 1 is 1.03 bits per heavy atom. The largest absolute Gasteiger partial charge is 0.458 e. The second-order valence-corrected chi connectivity index (χ2v) is 14.4. The molecular weight excluding hydrogens is 486 g/mol. The summed E-state index contributed by atoms with van der Waals surface area (Å²) in [5, 5.41) is 10.9. The lowest BCUT2D eigenvalue weighted by Crippen LogP contribution is -2.51. The van der Waals surface area contributed by atoms with Gasteiger partial charge in [0.05, 0.1) is 10.5 Å². The zero-order chi connectivity index (χ0) is 27.9. The number of allylic oxidation sites excluding steroid dienone is 1. The molecule has 8 atom stereocenters. The number of carbonyl (C=O) groups excluding carboxylic acids is 1. The maximum atomic E-state index is 12.8. The minimum Gasteiger partial charge on any atom is -0.458 e. The van der Waals surface area contributed by atoms with E-state index in [0.717, 1.165) is 54.8 Å². The Labute approximate surface area is 235 Å². The van der Waals surface area contributed by atoms with E-state index in [9.17, 15) is 14.9 Å². The second-order valence-electron chi connectivity index (χ2n) is 14.4. The van der Waals surface area contributed by atoms with Gasteiger partial charge in [-0.2, -0.15) is 0 Å². The number of fused-ring (bicyclic) bond motifs is 5. The highest BCUT2D eigenvalue weighted by Gasteiger charge is 2.59. The molecule has 0 amide bonds. The van der Waals surface area contributed by atoms with Gasteiger partial charge in [-0.1, -0.05) is 65.5 Å². The summed E-state index contributed by atoms with van der Waals surface area (Å²) in [5.74, 6) is 4.54. The SMILES string of the molecule is CC(C)CCC[C@@H](C)[C@H]1CC[C@@H]2[C@@H]3CC=C4C[C@@H](OC(=O)c5ccc([N+](=O)[O-])cc5)CC[C@]4(C)[C@@H]3CC[C@@]21C. The maximum absolute atomic E-state index is 12.8. The van der Waals surface area contributed by atoms with Gasteiger partial charge in [-0.15, -0.1) is 0 Å². The fourth-order valence-corrected chi connectivity index (χ4v) is 9.69. The zero-order valence-electron chi connectivity index (χ0n) is 24.8. The number of nitro benzene ring substituents is 1. The summed E-state index contributed by atoms with van der Waals surface area (Å²) < 4.78 is 5.93. The van der Waals surface area contributed by atoms with Crippen LogP contribution in [0.5, 0.6) is 0 Å². The molecule has 0 unspecified atom stereocenters. The number of nitro groups is 1. The van der Waals surface area contributed by atoms with Gasteiger partial charge >= 0.3 is 5.97 Å². The minimum atomic E-state index is -0.450. The number of hydrogen-bond acceptors (Lipinski definition) is 4. The van der Waals surface area contributed by atoms with Gasteiger partial charge in [0.25, 0.3) is 5.69 Å². The fraction of sp³-hybridized carbons (Fsp3) is 0.735. The average Bonchev–Trinajstić information content (AvgIpc) is 3.26. The van der Waals surface area contributed by atoms with Crippen LogP contribution in [0.1, 0.15) is 116 Å². The molecule has 0 saturated heterocycles. The first-order chi connectivity index (χ1) is 18.5. The van der Waals surface area contributed by atoms with Crippen molar-refractivity contribution in [2.24, 2.45) is 46.3 Å². The van der Waals surface area contributed by atoms with E-state index < -0.39 is 4.92 Å². The molecule has 3 saturated carbocycles. The summed E-state index contributed by atoms with van der Waals surface area (Å²) in [4.78, 5) is 23.3. The van der Waals surface area contributed by atoms with Crippen molar-refractivity contribution < 1.29 is 14.5 Å². The summed E-state index contributed by atoms with van der Waals surface area (Å²) >= 11 is 0. The van der Waals surface area contributed by atoms with Gasteiger partial charge in [0.15, 0.2) is 0 Å². The van der Waals surface area contributed by atoms with Gasteiger partial charge < -0.3 is 4.74 Å². The van der Waals surface area contributed by atoms with Crippen LogP contribution in [0.25, 0.3) is 0 Å². The molecule has 5 nitrogen and oxygen atoms in total. The van der Waals surface area contributed by atoms with Crippen molar-refractivity contribution in [3.63, 3.8) is 0 Å². The molecule has 5 rings (SSSR count). The fourth-order valence-electron chi connectivity index (χ4n) is 9.69. The van der Waals surface area contributed by atoms with Crippen LogP contribution in [0.15, 0.2) is 35.9 Å². The van der Waals surface area contributed by atoms with Crippen LogP contribution in [0.3, 0.4) is 0 Å². The summed E-state index contributed by atoms with van der Waals surface area (Å²) in [6, 6.07) is 5.73. The number of benzene rings is 1. The molecule has 0 heterocycles. The van der Waals surface area contributed by atoms with Crippen LogP contribution in [-0.2, 0) is 4.74 Å². The van der Waals surface area contributed by atoms with Crippen molar-refractivity contribution in [3.8, 4) is 0 Å². The Morgan fingerprint density at radius 3 is 2.46 bits per heavy atom. The van der Waals surface area contributed by atoms with E-state index in [1.807, 2.05) is 0 Å². The third-order valence-electron chi connectivity index (χ3n) is 11.8. The van der Waals surface area contributed by atoms with Gasteiger partial charge in [0.2, 0.25) is 0 Å². The van der Waals surface area contributed by atoms with E-state index in [4.69, 9.17) is 4.74 Å². The van der Waals surface area contributed by atoms with Crippen molar-refractivity contribution in [1.29, 1.82) is 0 Å². The van der Waals surface area contributed by atoms with Crippen LogP contribution in [-0.4, -0.2) is 17.0 Å². The quantitative estimate of drug-likeness (QED) is 0.144. The third kappa shape index (κ3) is 5.32. The highest BCUT2D eigenvalue weighted by molar-refractivity contribution is 5.89. The van der Waals surface area contributed by atoms with Crippen LogP contribution in [0.4, 0.5) is 5.69 Å². The van der Waals surface area contributed by atoms with E-state index >= 15 is 0 Å². The number of esters is 1. The molecule has 4 aliphatic rings. The van der Waals surface area contributed by atoms with Gasteiger partial charge in [-0.25, -0.2) is 4.79 Å². The summed E-state index contributed by atoms with van der Waals surface area (Å²) in [5.41, 5.74) is 2.60. The average molecular weight is 536 g/mol. The third-order valence-corrected chi connectivity index (χ3v) is 11.8. The molecule has 0 aromatic heterocycles. The zero-order valence-corrected chi connectivity index (χ0v) is 24.8. The summed E-state index contributed by atoms with van der Waals surface area (Å²) in [6.45, 7) is 12.4. The molecule has 1 aromatic rings. The van der Waals surface area contributed by atoms with E-state index in [1.54, 1.807) is 0 Å². The number of nitrogens with zero attached hydrogens (tertiary/aromatic N) is 1. The van der Waals surface area contributed by atoms with Crippen molar-refractivity contribution in [1.82, 2.24) is 0 Å². The molecule has 4 aliphatic carbocycles.